The highest BCUT2D eigenvalue weighted by Gasteiger charge is 2.57. The summed E-state index contributed by atoms with van der Waals surface area (Å²) in [4.78, 5) is 15.6. The van der Waals surface area contributed by atoms with Crippen LogP contribution in [0.25, 0.3) is 11.0 Å². The van der Waals surface area contributed by atoms with Gasteiger partial charge in [0.15, 0.2) is 5.76 Å². The number of methoxy groups -OCH3 is 1. The molecule has 3 atom stereocenters. The number of aliphatic hydroxyl groups is 1. The molecule has 156 valence electrons. The molecule has 30 heavy (non-hydrogen) atoms. The van der Waals surface area contributed by atoms with Crippen LogP contribution >= 0.6 is 0 Å². The first-order chi connectivity index (χ1) is 14.6. The molecule has 2 bridgehead atoms. The number of hydrogen-bond donors (Lipinski definition) is 1. The van der Waals surface area contributed by atoms with Gasteiger partial charge in [-0.1, -0.05) is 30.3 Å². The zero-order valence-corrected chi connectivity index (χ0v) is 17.4. The van der Waals surface area contributed by atoms with Crippen molar-refractivity contribution in [2.45, 2.75) is 44.7 Å². The second-order valence-corrected chi connectivity index (χ2v) is 8.76. The van der Waals surface area contributed by atoms with Crippen LogP contribution in [-0.4, -0.2) is 41.7 Å². The Hall–Kier alpha value is -2.79. The Morgan fingerprint density at radius 3 is 2.77 bits per heavy atom. The first kappa shape index (κ1) is 19.2. The topological polar surface area (TPSA) is 62.9 Å². The van der Waals surface area contributed by atoms with E-state index in [-0.39, 0.29) is 30.0 Å². The molecule has 1 aromatic heterocycles. The van der Waals surface area contributed by atoms with Gasteiger partial charge in [0, 0.05) is 34.5 Å². The number of ether oxygens (including phenoxy) is 1. The smallest absolute Gasteiger partial charge is 0.290 e. The van der Waals surface area contributed by atoms with Gasteiger partial charge in [0.2, 0.25) is 0 Å². The molecule has 2 aliphatic rings. The molecule has 1 N–H and O–H groups in total. The quantitative estimate of drug-likeness (QED) is 0.686. The van der Waals surface area contributed by atoms with Crippen molar-refractivity contribution >= 4 is 16.9 Å². The van der Waals surface area contributed by atoms with E-state index in [1.807, 2.05) is 48.2 Å². The molecular weight excluding hydrogens is 378 g/mol. The minimum absolute atomic E-state index is 0.0300. The van der Waals surface area contributed by atoms with Gasteiger partial charge < -0.3 is 19.2 Å². The lowest BCUT2D eigenvalue weighted by Gasteiger charge is -2.36. The molecule has 2 aromatic carbocycles. The second kappa shape index (κ2) is 7.17. The first-order valence-corrected chi connectivity index (χ1v) is 10.6. The lowest BCUT2D eigenvalue weighted by molar-refractivity contribution is 0.0548. The van der Waals surface area contributed by atoms with E-state index in [0.29, 0.717) is 17.1 Å². The number of nitrogens with zero attached hydrogens (tertiary/aromatic N) is 1. The van der Waals surface area contributed by atoms with Gasteiger partial charge in [-0.25, -0.2) is 0 Å². The number of benzene rings is 2. The van der Waals surface area contributed by atoms with Crippen LogP contribution in [0.4, 0.5) is 0 Å². The molecule has 3 aromatic rings. The van der Waals surface area contributed by atoms with Crippen LogP contribution in [0.2, 0.25) is 0 Å². The molecule has 5 rings (SSSR count). The number of fused-ring (bicyclic) bond motifs is 3. The SMILES string of the molecule is COc1ccc2c(C)c(C(=O)N3[C@H]4CC[C@@H]3[C@@](CO)(Cc3ccccc3)C4)oc2c1. The number of hydrogen-bond acceptors (Lipinski definition) is 4. The molecule has 0 radical (unpaired) electrons. The normalized spacial score (nSPS) is 25.2. The predicted octanol–water partition coefficient (Wildman–Crippen LogP) is 4.35. The number of aryl methyl sites for hydroxylation is 1. The van der Waals surface area contributed by atoms with Crippen LogP contribution in [0.15, 0.2) is 52.9 Å². The average molecular weight is 405 g/mol. The molecule has 0 unspecified atom stereocenters. The Kier molecular flexibility index (Phi) is 4.58. The number of aliphatic hydroxyl groups excluding tert-OH is 1. The summed E-state index contributed by atoms with van der Waals surface area (Å²) in [6.45, 7) is 2.02. The van der Waals surface area contributed by atoms with Crippen LogP contribution in [0.3, 0.4) is 0 Å². The van der Waals surface area contributed by atoms with Gasteiger partial charge >= 0.3 is 0 Å². The molecular formula is C25H27NO4. The molecule has 1 amide bonds. The number of rotatable bonds is 5. The average Bonchev–Trinajstić information content (AvgIpc) is 3.43. The van der Waals surface area contributed by atoms with E-state index in [1.54, 1.807) is 7.11 Å². The maximum absolute atomic E-state index is 13.6. The van der Waals surface area contributed by atoms with Gasteiger partial charge in [0.25, 0.3) is 5.91 Å². The van der Waals surface area contributed by atoms with E-state index in [0.717, 1.165) is 36.6 Å². The summed E-state index contributed by atoms with van der Waals surface area (Å²) in [7, 11) is 1.62. The number of furan rings is 1. The van der Waals surface area contributed by atoms with Crippen molar-refractivity contribution in [3.63, 3.8) is 0 Å². The van der Waals surface area contributed by atoms with E-state index in [2.05, 4.69) is 12.1 Å². The van der Waals surface area contributed by atoms with Gasteiger partial charge in [-0.05, 0) is 50.3 Å². The third kappa shape index (κ3) is 2.83. The van der Waals surface area contributed by atoms with E-state index in [1.165, 1.54) is 5.56 Å². The summed E-state index contributed by atoms with van der Waals surface area (Å²) in [6.07, 6.45) is 3.53. The van der Waals surface area contributed by atoms with Crippen molar-refractivity contribution in [2.24, 2.45) is 5.41 Å². The lowest BCUT2D eigenvalue weighted by atomic mass is 9.70. The summed E-state index contributed by atoms with van der Waals surface area (Å²) in [5.74, 6) is 1.06. The summed E-state index contributed by atoms with van der Waals surface area (Å²) in [5.41, 5.74) is 2.45. The van der Waals surface area contributed by atoms with Crippen molar-refractivity contribution in [3.8, 4) is 5.75 Å². The molecule has 2 fully saturated rings. The lowest BCUT2D eigenvalue weighted by Crippen LogP contribution is -2.44. The number of carbonyl (C=O) groups excluding carboxylic acids is 1. The number of carbonyl (C=O) groups is 1. The van der Waals surface area contributed by atoms with Crippen LogP contribution in [0.5, 0.6) is 5.75 Å². The Morgan fingerprint density at radius 2 is 2.03 bits per heavy atom. The second-order valence-electron chi connectivity index (χ2n) is 8.76. The van der Waals surface area contributed by atoms with Crippen LogP contribution < -0.4 is 4.74 Å². The molecule has 0 saturated carbocycles. The van der Waals surface area contributed by atoms with E-state index < -0.39 is 0 Å². The zero-order chi connectivity index (χ0) is 20.9. The van der Waals surface area contributed by atoms with Gasteiger partial charge in [0.05, 0.1) is 13.7 Å². The third-order valence-electron chi connectivity index (χ3n) is 7.14. The molecule has 5 heteroatoms. The molecule has 3 heterocycles. The summed E-state index contributed by atoms with van der Waals surface area (Å²) >= 11 is 0. The Bertz CT molecular complexity index is 1090. The van der Waals surface area contributed by atoms with Crippen LogP contribution in [0.1, 0.15) is 40.9 Å². The van der Waals surface area contributed by atoms with Crippen LogP contribution in [0, 0.1) is 12.3 Å². The monoisotopic (exact) mass is 405 g/mol. The van der Waals surface area contributed by atoms with E-state index in [4.69, 9.17) is 9.15 Å². The molecule has 2 aliphatic heterocycles. The summed E-state index contributed by atoms with van der Waals surface area (Å²) in [6, 6.07) is 16.1. The minimum Gasteiger partial charge on any atom is -0.497 e. The van der Waals surface area contributed by atoms with Gasteiger partial charge in [-0.3, -0.25) is 4.79 Å². The van der Waals surface area contributed by atoms with Gasteiger partial charge in [-0.2, -0.15) is 0 Å². The fourth-order valence-corrected chi connectivity index (χ4v) is 5.67. The largest absolute Gasteiger partial charge is 0.497 e. The Morgan fingerprint density at radius 1 is 1.23 bits per heavy atom. The van der Waals surface area contributed by atoms with E-state index in [9.17, 15) is 9.90 Å². The molecule has 2 saturated heterocycles. The Balaban J connectivity index is 1.48. The maximum Gasteiger partial charge on any atom is 0.290 e. The summed E-state index contributed by atoms with van der Waals surface area (Å²) < 4.78 is 11.3. The molecule has 0 aliphatic carbocycles. The molecule has 5 nitrogen and oxygen atoms in total. The highest BCUT2D eigenvalue weighted by atomic mass is 16.5. The van der Waals surface area contributed by atoms with Crippen molar-refractivity contribution in [1.82, 2.24) is 4.90 Å². The van der Waals surface area contributed by atoms with Crippen molar-refractivity contribution in [1.29, 1.82) is 0 Å². The first-order valence-electron chi connectivity index (χ1n) is 10.6. The fraction of sp³-hybridized carbons (Fsp3) is 0.400. The third-order valence-corrected chi connectivity index (χ3v) is 7.14. The highest BCUT2D eigenvalue weighted by Crippen LogP contribution is 2.52. The summed E-state index contributed by atoms with van der Waals surface area (Å²) in [5, 5.41) is 11.4. The highest BCUT2D eigenvalue weighted by molar-refractivity contribution is 5.99. The maximum atomic E-state index is 13.6. The molecule has 0 spiro atoms. The van der Waals surface area contributed by atoms with E-state index >= 15 is 0 Å². The number of amides is 1. The van der Waals surface area contributed by atoms with Crippen molar-refractivity contribution in [3.05, 3.63) is 65.4 Å². The fourth-order valence-electron chi connectivity index (χ4n) is 5.67. The minimum atomic E-state index is -0.289. The predicted molar refractivity (Wildman–Crippen MR) is 115 cm³/mol. The van der Waals surface area contributed by atoms with Gasteiger partial charge in [-0.15, -0.1) is 0 Å². The zero-order valence-electron chi connectivity index (χ0n) is 17.4. The standard InChI is InChI=1S/C25H27NO4/c1-16-20-10-9-19(29-2)12-21(20)30-23(16)24(28)26-18-8-11-22(26)25(14-18,15-27)13-17-6-4-3-5-7-17/h3-7,9-10,12,18,22,27H,8,11,13-15H2,1-2H3/t18-,22+,25-/m0/s1. The Labute approximate surface area is 176 Å². The van der Waals surface area contributed by atoms with Crippen LogP contribution in [-0.2, 0) is 6.42 Å². The van der Waals surface area contributed by atoms with Crippen molar-refractivity contribution in [2.75, 3.05) is 13.7 Å². The van der Waals surface area contributed by atoms with Crippen molar-refractivity contribution < 1.29 is 19.1 Å². The van der Waals surface area contributed by atoms with Gasteiger partial charge in [0.1, 0.15) is 11.3 Å².